The molecule has 1 aromatic carbocycles. The molecule has 0 radical (unpaired) electrons. The van der Waals surface area contributed by atoms with Gasteiger partial charge in [0.1, 0.15) is 0 Å². The zero-order valence-corrected chi connectivity index (χ0v) is 12.6. The van der Waals surface area contributed by atoms with Gasteiger partial charge in [-0.25, -0.2) is 0 Å². The summed E-state index contributed by atoms with van der Waals surface area (Å²) in [7, 11) is 0. The largest absolute Gasteiger partial charge is 0.376 e. The Bertz CT molecular complexity index is 427. The van der Waals surface area contributed by atoms with Crippen molar-refractivity contribution in [2.75, 3.05) is 13.2 Å². The number of ether oxygens (including phenoxy) is 1. The molecule has 1 aromatic rings. The molecule has 2 aliphatic rings. The van der Waals surface area contributed by atoms with Crippen LogP contribution in [0.2, 0.25) is 0 Å². The summed E-state index contributed by atoms with van der Waals surface area (Å²) in [6.07, 6.45) is 3.06. The molecule has 0 amide bonds. The number of hydrogen-bond acceptors (Lipinski definition) is 3. The van der Waals surface area contributed by atoms with Gasteiger partial charge in [0.05, 0.1) is 12.7 Å². The average Bonchev–Trinajstić information content (AvgIpc) is 3.26. The molecule has 20 heavy (non-hydrogen) atoms. The first kappa shape index (κ1) is 14.1. The lowest BCUT2D eigenvalue weighted by Gasteiger charge is -2.36. The fourth-order valence-corrected chi connectivity index (χ4v) is 2.74. The Balaban J connectivity index is 1.53. The third-order valence-electron chi connectivity index (χ3n) is 4.32. The lowest BCUT2D eigenvalue weighted by atomic mass is 10.1. The smallest absolute Gasteiger partial charge is 0.0674 e. The van der Waals surface area contributed by atoms with E-state index in [0.29, 0.717) is 12.1 Å². The molecule has 1 N–H and O–H groups in total. The quantitative estimate of drug-likeness (QED) is 0.893. The molecule has 3 heteroatoms. The van der Waals surface area contributed by atoms with Crippen molar-refractivity contribution < 1.29 is 4.74 Å². The Labute approximate surface area is 122 Å². The Kier molecular flexibility index (Phi) is 4.39. The van der Waals surface area contributed by atoms with E-state index < -0.39 is 0 Å². The van der Waals surface area contributed by atoms with Crippen LogP contribution in [-0.4, -0.2) is 36.2 Å². The molecule has 1 aliphatic heterocycles. The highest BCUT2D eigenvalue weighted by Gasteiger charge is 2.23. The van der Waals surface area contributed by atoms with Crippen LogP contribution in [0.4, 0.5) is 0 Å². The standard InChI is InChI=1S/C17H26N2O/c1-13-12-20-14(2)10-19(13)11-16-5-3-15(4-6-16)9-18-17-7-8-17/h3-6,13-14,17-18H,7-12H2,1-2H3. The van der Waals surface area contributed by atoms with Crippen molar-refractivity contribution in [3.63, 3.8) is 0 Å². The van der Waals surface area contributed by atoms with E-state index >= 15 is 0 Å². The summed E-state index contributed by atoms with van der Waals surface area (Å²) in [6, 6.07) is 10.4. The van der Waals surface area contributed by atoms with Crippen molar-refractivity contribution in [1.82, 2.24) is 10.2 Å². The number of morpholine rings is 1. The molecule has 2 fully saturated rings. The van der Waals surface area contributed by atoms with Crippen LogP contribution >= 0.6 is 0 Å². The predicted octanol–water partition coefficient (Wildman–Crippen LogP) is 2.55. The molecule has 0 aromatic heterocycles. The summed E-state index contributed by atoms with van der Waals surface area (Å²) in [4.78, 5) is 2.52. The zero-order chi connectivity index (χ0) is 13.9. The van der Waals surface area contributed by atoms with Gasteiger partial charge in [-0.05, 0) is 37.8 Å². The minimum absolute atomic E-state index is 0.355. The predicted molar refractivity (Wildman–Crippen MR) is 81.6 cm³/mol. The van der Waals surface area contributed by atoms with Gasteiger partial charge < -0.3 is 10.1 Å². The maximum atomic E-state index is 5.69. The van der Waals surface area contributed by atoms with Gasteiger partial charge in [-0.3, -0.25) is 4.90 Å². The van der Waals surface area contributed by atoms with Gasteiger partial charge in [-0.2, -0.15) is 0 Å². The second-order valence-electron chi connectivity index (χ2n) is 6.39. The van der Waals surface area contributed by atoms with E-state index in [1.165, 1.54) is 24.0 Å². The summed E-state index contributed by atoms with van der Waals surface area (Å²) in [5.41, 5.74) is 2.80. The molecule has 1 saturated heterocycles. The van der Waals surface area contributed by atoms with E-state index in [0.717, 1.165) is 32.3 Å². The molecule has 1 saturated carbocycles. The normalized spacial score (nSPS) is 27.7. The molecule has 3 nitrogen and oxygen atoms in total. The lowest BCUT2D eigenvalue weighted by Crippen LogP contribution is -2.46. The van der Waals surface area contributed by atoms with Gasteiger partial charge in [0.25, 0.3) is 0 Å². The second kappa shape index (κ2) is 6.25. The summed E-state index contributed by atoms with van der Waals surface area (Å²) < 4.78 is 5.69. The van der Waals surface area contributed by atoms with Crippen LogP contribution in [-0.2, 0) is 17.8 Å². The van der Waals surface area contributed by atoms with E-state index in [4.69, 9.17) is 4.74 Å². The van der Waals surface area contributed by atoms with Gasteiger partial charge in [0, 0.05) is 31.7 Å². The molecule has 1 heterocycles. The third-order valence-corrected chi connectivity index (χ3v) is 4.32. The molecular formula is C17H26N2O. The van der Waals surface area contributed by atoms with Crippen molar-refractivity contribution in [2.45, 2.75) is 58.0 Å². The molecule has 0 spiro atoms. The average molecular weight is 274 g/mol. The minimum atomic E-state index is 0.355. The molecule has 2 unspecified atom stereocenters. The van der Waals surface area contributed by atoms with Crippen molar-refractivity contribution in [3.05, 3.63) is 35.4 Å². The van der Waals surface area contributed by atoms with Crippen LogP contribution in [0.1, 0.15) is 37.8 Å². The van der Waals surface area contributed by atoms with Crippen molar-refractivity contribution in [3.8, 4) is 0 Å². The fourth-order valence-electron chi connectivity index (χ4n) is 2.74. The van der Waals surface area contributed by atoms with E-state index in [9.17, 15) is 0 Å². The van der Waals surface area contributed by atoms with Crippen LogP contribution in [0.5, 0.6) is 0 Å². The maximum absolute atomic E-state index is 5.69. The Morgan fingerprint density at radius 3 is 2.55 bits per heavy atom. The summed E-state index contributed by atoms with van der Waals surface area (Å²) >= 11 is 0. The maximum Gasteiger partial charge on any atom is 0.0674 e. The first-order valence-corrected chi connectivity index (χ1v) is 7.87. The van der Waals surface area contributed by atoms with Crippen LogP contribution in [0, 0.1) is 0 Å². The van der Waals surface area contributed by atoms with E-state index in [1.54, 1.807) is 0 Å². The number of benzene rings is 1. The van der Waals surface area contributed by atoms with E-state index in [2.05, 4.69) is 48.3 Å². The minimum Gasteiger partial charge on any atom is -0.376 e. The first-order valence-electron chi connectivity index (χ1n) is 7.87. The zero-order valence-electron chi connectivity index (χ0n) is 12.6. The molecule has 2 atom stereocenters. The molecular weight excluding hydrogens is 248 g/mol. The van der Waals surface area contributed by atoms with Crippen LogP contribution in [0.25, 0.3) is 0 Å². The summed E-state index contributed by atoms with van der Waals surface area (Å²) in [6.45, 7) is 8.34. The van der Waals surface area contributed by atoms with Crippen molar-refractivity contribution in [2.24, 2.45) is 0 Å². The number of rotatable bonds is 5. The lowest BCUT2D eigenvalue weighted by molar-refractivity contribution is -0.0526. The first-order chi connectivity index (χ1) is 9.70. The van der Waals surface area contributed by atoms with Gasteiger partial charge in [-0.15, -0.1) is 0 Å². The Morgan fingerprint density at radius 2 is 1.85 bits per heavy atom. The SMILES string of the molecule is CC1CN(Cc2ccc(CNC3CC3)cc2)C(C)CO1. The molecule has 1 aliphatic carbocycles. The fraction of sp³-hybridized carbons (Fsp3) is 0.647. The highest BCUT2D eigenvalue weighted by atomic mass is 16.5. The van der Waals surface area contributed by atoms with Gasteiger partial charge in [0.15, 0.2) is 0 Å². The van der Waals surface area contributed by atoms with Crippen LogP contribution < -0.4 is 5.32 Å². The van der Waals surface area contributed by atoms with Gasteiger partial charge in [0.2, 0.25) is 0 Å². The third kappa shape index (κ3) is 3.81. The number of nitrogens with one attached hydrogen (secondary N) is 1. The number of hydrogen-bond donors (Lipinski definition) is 1. The highest BCUT2D eigenvalue weighted by molar-refractivity contribution is 5.22. The van der Waals surface area contributed by atoms with Crippen LogP contribution in [0.3, 0.4) is 0 Å². The highest BCUT2D eigenvalue weighted by Crippen LogP contribution is 2.20. The second-order valence-corrected chi connectivity index (χ2v) is 6.39. The summed E-state index contributed by atoms with van der Waals surface area (Å²) in [5, 5.41) is 3.56. The monoisotopic (exact) mass is 274 g/mol. The topological polar surface area (TPSA) is 24.5 Å². The van der Waals surface area contributed by atoms with Gasteiger partial charge in [-0.1, -0.05) is 24.3 Å². The Hall–Kier alpha value is -0.900. The van der Waals surface area contributed by atoms with Crippen molar-refractivity contribution in [1.29, 1.82) is 0 Å². The molecule has 0 bridgehead atoms. The van der Waals surface area contributed by atoms with E-state index in [-0.39, 0.29) is 0 Å². The number of nitrogens with zero attached hydrogens (tertiary/aromatic N) is 1. The van der Waals surface area contributed by atoms with Gasteiger partial charge >= 0.3 is 0 Å². The summed E-state index contributed by atoms with van der Waals surface area (Å²) in [5.74, 6) is 0. The van der Waals surface area contributed by atoms with Crippen LogP contribution in [0.15, 0.2) is 24.3 Å². The van der Waals surface area contributed by atoms with Crippen molar-refractivity contribution >= 4 is 0 Å². The van der Waals surface area contributed by atoms with E-state index in [1.807, 2.05) is 0 Å². The Morgan fingerprint density at radius 1 is 1.15 bits per heavy atom. The molecule has 3 rings (SSSR count). The molecule has 110 valence electrons.